The van der Waals surface area contributed by atoms with Gasteiger partial charge in [-0.05, 0) is 50.5 Å². The van der Waals surface area contributed by atoms with E-state index in [1.807, 2.05) is 57.1 Å². The molecule has 1 aromatic carbocycles. The summed E-state index contributed by atoms with van der Waals surface area (Å²) in [4.78, 5) is 6.93. The molecule has 0 spiro atoms. The molecule has 0 aliphatic carbocycles. The van der Waals surface area contributed by atoms with E-state index in [2.05, 4.69) is 4.98 Å². The standard InChI is InChI=1S/C19H25N3O2S/c1-14-7-9-16(10-8-14)25(23,24)22-13-5-6-18(22)17-11-12-19(21(3)4)20-15(17)2/h7-12,18H,5-6,13H2,1-4H3/t18-/m1/s1. The molecule has 1 atom stereocenters. The molecule has 1 saturated heterocycles. The van der Waals surface area contributed by atoms with Crippen molar-refractivity contribution < 1.29 is 8.42 Å². The van der Waals surface area contributed by atoms with Gasteiger partial charge in [-0.2, -0.15) is 4.31 Å². The van der Waals surface area contributed by atoms with Crippen LogP contribution in [-0.4, -0.2) is 38.3 Å². The number of benzene rings is 1. The van der Waals surface area contributed by atoms with E-state index in [0.29, 0.717) is 11.4 Å². The second-order valence-corrected chi connectivity index (χ2v) is 8.72. The van der Waals surface area contributed by atoms with Crippen LogP contribution < -0.4 is 4.90 Å². The maximum atomic E-state index is 13.1. The number of hydrogen-bond acceptors (Lipinski definition) is 4. The average Bonchev–Trinajstić information content (AvgIpc) is 3.05. The monoisotopic (exact) mass is 359 g/mol. The van der Waals surface area contributed by atoms with Crippen LogP contribution in [0.4, 0.5) is 5.82 Å². The van der Waals surface area contributed by atoms with Gasteiger partial charge >= 0.3 is 0 Å². The summed E-state index contributed by atoms with van der Waals surface area (Å²) < 4.78 is 27.9. The zero-order valence-corrected chi connectivity index (χ0v) is 16.0. The first-order valence-electron chi connectivity index (χ1n) is 8.54. The normalized spacial score (nSPS) is 18.5. The number of hydrogen-bond donors (Lipinski definition) is 0. The Bertz CT molecular complexity index is 861. The molecule has 0 amide bonds. The molecule has 0 radical (unpaired) electrons. The molecule has 5 nitrogen and oxygen atoms in total. The van der Waals surface area contributed by atoms with Crippen molar-refractivity contribution in [2.45, 2.75) is 37.6 Å². The lowest BCUT2D eigenvalue weighted by molar-refractivity contribution is 0.395. The molecule has 2 heterocycles. The van der Waals surface area contributed by atoms with Gasteiger partial charge in [-0.15, -0.1) is 0 Å². The Morgan fingerprint density at radius 2 is 1.76 bits per heavy atom. The molecule has 1 aliphatic heterocycles. The summed E-state index contributed by atoms with van der Waals surface area (Å²) in [5.74, 6) is 0.882. The molecule has 1 aliphatic rings. The van der Waals surface area contributed by atoms with E-state index in [4.69, 9.17) is 0 Å². The minimum atomic E-state index is -3.50. The van der Waals surface area contributed by atoms with Gasteiger partial charge < -0.3 is 4.90 Å². The lowest BCUT2D eigenvalue weighted by atomic mass is 10.0. The van der Waals surface area contributed by atoms with E-state index in [9.17, 15) is 8.42 Å². The molecule has 134 valence electrons. The van der Waals surface area contributed by atoms with Crippen LogP contribution >= 0.6 is 0 Å². The van der Waals surface area contributed by atoms with Gasteiger partial charge in [0, 0.05) is 26.3 Å². The molecule has 6 heteroatoms. The number of anilines is 1. The smallest absolute Gasteiger partial charge is 0.243 e. The van der Waals surface area contributed by atoms with Gasteiger partial charge in [0.15, 0.2) is 0 Å². The fourth-order valence-corrected chi connectivity index (χ4v) is 5.02. The van der Waals surface area contributed by atoms with E-state index >= 15 is 0 Å². The maximum absolute atomic E-state index is 13.1. The van der Waals surface area contributed by atoms with E-state index < -0.39 is 10.0 Å². The van der Waals surface area contributed by atoms with E-state index in [0.717, 1.165) is 35.5 Å². The topological polar surface area (TPSA) is 53.5 Å². The first kappa shape index (κ1) is 17.9. The predicted octanol–water partition coefficient (Wildman–Crippen LogP) is 3.29. The number of rotatable bonds is 4. The first-order valence-corrected chi connectivity index (χ1v) is 9.98. The van der Waals surface area contributed by atoms with Gasteiger partial charge in [0.25, 0.3) is 0 Å². The summed E-state index contributed by atoms with van der Waals surface area (Å²) >= 11 is 0. The largest absolute Gasteiger partial charge is 0.363 e. The van der Waals surface area contributed by atoms with Crippen LogP contribution in [0.1, 0.15) is 35.7 Å². The van der Waals surface area contributed by atoms with Gasteiger partial charge in [0.1, 0.15) is 5.82 Å². The summed E-state index contributed by atoms with van der Waals surface area (Å²) in [6.45, 7) is 4.46. The molecule has 2 aromatic rings. The van der Waals surface area contributed by atoms with E-state index in [1.165, 1.54) is 0 Å². The van der Waals surface area contributed by atoms with Crippen LogP contribution in [0.25, 0.3) is 0 Å². The number of aryl methyl sites for hydroxylation is 2. The first-order chi connectivity index (χ1) is 11.8. The van der Waals surface area contributed by atoms with Crippen molar-refractivity contribution >= 4 is 15.8 Å². The van der Waals surface area contributed by atoms with Crippen molar-refractivity contribution in [3.05, 3.63) is 53.2 Å². The van der Waals surface area contributed by atoms with Crippen LogP contribution in [0.3, 0.4) is 0 Å². The number of pyridine rings is 1. The molecule has 0 unspecified atom stereocenters. The summed E-state index contributed by atoms with van der Waals surface area (Å²) in [6, 6.07) is 10.9. The van der Waals surface area contributed by atoms with Crippen molar-refractivity contribution in [3.8, 4) is 0 Å². The molecular formula is C19H25N3O2S. The Morgan fingerprint density at radius 3 is 2.36 bits per heavy atom. The molecule has 0 saturated carbocycles. The van der Waals surface area contributed by atoms with Crippen molar-refractivity contribution in [3.63, 3.8) is 0 Å². The van der Waals surface area contributed by atoms with Crippen LogP contribution in [0.5, 0.6) is 0 Å². The zero-order valence-electron chi connectivity index (χ0n) is 15.2. The van der Waals surface area contributed by atoms with Crippen molar-refractivity contribution in [1.29, 1.82) is 0 Å². The van der Waals surface area contributed by atoms with Gasteiger partial charge in [-0.25, -0.2) is 13.4 Å². The second kappa shape index (κ2) is 6.77. The van der Waals surface area contributed by atoms with Crippen molar-refractivity contribution in [1.82, 2.24) is 9.29 Å². The highest BCUT2D eigenvalue weighted by atomic mass is 32.2. The highest BCUT2D eigenvalue weighted by Crippen LogP contribution is 2.37. The minimum Gasteiger partial charge on any atom is -0.363 e. The fraction of sp³-hybridized carbons (Fsp3) is 0.421. The van der Waals surface area contributed by atoms with E-state index in [-0.39, 0.29) is 6.04 Å². The Labute approximate surface area is 150 Å². The molecule has 3 rings (SSSR count). The number of aromatic nitrogens is 1. The quantitative estimate of drug-likeness (QED) is 0.841. The maximum Gasteiger partial charge on any atom is 0.243 e. The van der Waals surface area contributed by atoms with Crippen LogP contribution in [0, 0.1) is 13.8 Å². The Hall–Kier alpha value is -1.92. The summed E-state index contributed by atoms with van der Waals surface area (Å²) in [5.41, 5.74) is 2.94. The predicted molar refractivity (Wildman–Crippen MR) is 100 cm³/mol. The number of sulfonamides is 1. The highest BCUT2D eigenvalue weighted by Gasteiger charge is 2.37. The Balaban J connectivity index is 1.96. The molecule has 25 heavy (non-hydrogen) atoms. The SMILES string of the molecule is Cc1ccc(S(=O)(=O)N2CCC[C@@H]2c2ccc(N(C)C)nc2C)cc1. The van der Waals surface area contributed by atoms with Gasteiger partial charge in [-0.3, -0.25) is 0 Å². The molecular weight excluding hydrogens is 334 g/mol. The highest BCUT2D eigenvalue weighted by molar-refractivity contribution is 7.89. The molecule has 1 aromatic heterocycles. The molecule has 0 bridgehead atoms. The summed E-state index contributed by atoms with van der Waals surface area (Å²) in [6.07, 6.45) is 1.69. The average molecular weight is 359 g/mol. The molecule has 0 N–H and O–H groups in total. The van der Waals surface area contributed by atoms with Crippen LogP contribution in [0.2, 0.25) is 0 Å². The lowest BCUT2D eigenvalue weighted by Crippen LogP contribution is -2.31. The third-order valence-electron chi connectivity index (χ3n) is 4.76. The fourth-order valence-electron chi connectivity index (χ4n) is 3.34. The van der Waals surface area contributed by atoms with Gasteiger partial charge in [0.05, 0.1) is 10.9 Å². The van der Waals surface area contributed by atoms with Gasteiger partial charge in [-0.1, -0.05) is 23.8 Å². The Kier molecular flexibility index (Phi) is 4.84. The third kappa shape index (κ3) is 3.41. The van der Waals surface area contributed by atoms with Crippen molar-refractivity contribution in [2.75, 3.05) is 25.5 Å². The minimum absolute atomic E-state index is 0.144. The Morgan fingerprint density at radius 1 is 1.08 bits per heavy atom. The van der Waals surface area contributed by atoms with Crippen LogP contribution in [-0.2, 0) is 10.0 Å². The van der Waals surface area contributed by atoms with Crippen molar-refractivity contribution in [2.24, 2.45) is 0 Å². The molecule has 1 fully saturated rings. The third-order valence-corrected chi connectivity index (χ3v) is 6.68. The lowest BCUT2D eigenvalue weighted by Gasteiger charge is -2.26. The summed E-state index contributed by atoms with van der Waals surface area (Å²) in [5, 5.41) is 0. The zero-order chi connectivity index (χ0) is 18.2. The number of nitrogens with zero attached hydrogens (tertiary/aromatic N) is 3. The van der Waals surface area contributed by atoms with Gasteiger partial charge in [0.2, 0.25) is 10.0 Å². The van der Waals surface area contributed by atoms with Crippen LogP contribution in [0.15, 0.2) is 41.3 Å². The second-order valence-electron chi connectivity index (χ2n) is 6.83. The summed E-state index contributed by atoms with van der Waals surface area (Å²) in [7, 11) is 0.398. The van der Waals surface area contributed by atoms with E-state index in [1.54, 1.807) is 16.4 Å².